The molecule has 1 aliphatic rings. The van der Waals surface area contributed by atoms with Crippen molar-refractivity contribution in [2.75, 3.05) is 0 Å². The second kappa shape index (κ2) is 3.40. The van der Waals surface area contributed by atoms with Gasteiger partial charge in [0.2, 0.25) is 0 Å². The van der Waals surface area contributed by atoms with Gasteiger partial charge in [-0.05, 0) is 44.7 Å². The molecule has 1 aromatic heterocycles. The molecule has 3 nitrogen and oxygen atoms in total. The van der Waals surface area contributed by atoms with Crippen LogP contribution in [0.1, 0.15) is 38.7 Å². The molecular formula is C12H17NO2. The lowest BCUT2D eigenvalue weighted by Gasteiger charge is -2.19. The number of rotatable bonds is 2. The van der Waals surface area contributed by atoms with Crippen molar-refractivity contribution in [3.05, 3.63) is 24.0 Å². The normalized spacial score (nSPS) is 25.0. The average molecular weight is 207 g/mol. The molecule has 15 heavy (non-hydrogen) atoms. The van der Waals surface area contributed by atoms with Crippen LogP contribution in [0, 0.1) is 5.92 Å². The van der Waals surface area contributed by atoms with Gasteiger partial charge in [0.15, 0.2) is 0 Å². The molecule has 0 unspecified atom stereocenters. The van der Waals surface area contributed by atoms with Gasteiger partial charge in [0.25, 0.3) is 0 Å². The molecule has 2 atom stereocenters. The van der Waals surface area contributed by atoms with Crippen molar-refractivity contribution >= 4 is 5.97 Å². The van der Waals surface area contributed by atoms with Crippen LogP contribution in [0.5, 0.6) is 0 Å². The summed E-state index contributed by atoms with van der Waals surface area (Å²) in [5.74, 6) is 0.375. The van der Waals surface area contributed by atoms with Gasteiger partial charge < -0.3 is 9.72 Å². The molecule has 1 fully saturated rings. The van der Waals surface area contributed by atoms with Crippen LogP contribution < -0.4 is 0 Å². The Morgan fingerprint density at radius 3 is 2.80 bits per heavy atom. The second-order valence-electron chi connectivity index (χ2n) is 5.13. The van der Waals surface area contributed by atoms with E-state index in [1.165, 1.54) is 5.56 Å². The van der Waals surface area contributed by atoms with E-state index in [0.29, 0.717) is 5.92 Å². The average Bonchev–Trinajstić information content (AvgIpc) is 2.71. The number of carbonyl (C=O) groups excluding carboxylic acids is 1. The lowest BCUT2D eigenvalue weighted by molar-refractivity contribution is -0.156. The van der Waals surface area contributed by atoms with E-state index < -0.39 is 0 Å². The molecule has 0 aliphatic heterocycles. The lowest BCUT2D eigenvalue weighted by atomic mass is 10.1. The lowest BCUT2D eigenvalue weighted by Crippen LogP contribution is -2.25. The number of H-pyrrole nitrogens is 1. The minimum atomic E-state index is -0.373. The fourth-order valence-electron chi connectivity index (χ4n) is 1.77. The first-order valence-corrected chi connectivity index (χ1v) is 5.33. The van der Waals surface area contributed by atoms with Gasteiger partial charge in [-0.25, -0.2) is 0 Å². The Hall–Kier alpha value is -1.25. The molecule has 0 amide bonds. The fourth-order valence-corrected chi connectivity index (χ4v) is 1.77. The highest BCUT2D eigenvalue weighted by molar-refractivity contribution is 5.77. The molecule has 2 rings (SSSR count). The van der Waals surface area contributed by atoms with Gasteiger partial charge in [-0.1, -0.05) is 0 Å². The van der Waals surface area contributed by atoms with Crippen molar-refractivity contribution in [1.82, 2.24) is 4.98 Å². The molecule has 0 saturated heterocycles. The van der Waals surface area contributed by atoms with E-state index >= 15 is 0 Å². The predicted molar refractivity (Wildman–Crippen MR) is 57.5 cm³/mol. The van der Waals surface area contributed by atoms with E-state index in [1.807, 2.05) is 39.2 Å². The maximum absolute atomic E-state index is 11.7. The van der Waals surface area contributed by atoms with Gasteiger partial charge in [-0.3, -0.25) is 4.79 Å². The highest BCUT2D eigenvalue weighted by Gasteiger charge is 2.46. The molecule has 1 heterocycles. The van der Waals surface area contributed by atoms with Crippen molar-refractivity contribution in [2.24, 2.45) is 5.92 Å². The van der Waals surface area contributed by atoms with E-state index in [2.05, 4.69) is 4.98 Å². The maximum atomic E-state index is 11.7. The summed E-state index contributed by atoms with van der Waals surface area (Å²) >= 11 is 0. The summed E-state index contributed by atoms with van der Waals surface area (Å²) in [6.45, 7) is 5.70. The number of aromatic nitrogens is 1. The summed E-state index contributed by atoms with van der Waals surface area (Å²) in [7, 11) is 0. The zero-order valence-corrected chi connectivity index (χ0v) is 9.41. The molecule has 0 bridgehead atoms. The SMILES string of the molecule is CC(C)(C)OC(=O)[C@H]1C[C@H]1c1cc[nH]c1. The molecule has 1 saturated carbocycles. The van der Waals surface area contributed by atoms with Crippen LogP contribution in [0.4, 0.5) is 0 Å². The third kappa shape index (κ3) is 2.41. The summed E-state index contributed by atoms with van der Waals surface area (Å²) in [5, 5.41) is 0. The minimum Gasteiger partial charge on any atom is -0.460 e. The summed E-state index contributed by atoms with van der Waals surface area (Å²) in [4.78, 5) is 14.7. The standard InChI is InChI=1S/C12H17NO2/c1-12(2,3)15-11(14)10-6-9(10)8-4-5-13-7-8/h4-5,7,9-10,13H,6H2,1-3H3/t9-,10-/m0/s1. The predicted octanol–water partition coefficient (Wildman–Crippen LogP) is 2.46. The molecule has 3 heteroatoms. The van der Waals surface area contributed by atoms with Crippen LogP contribution in [-0.4, -0.2) is 16.6 Å². The zero-order valence-electron chi connectivity index (χ0n) is 9.41. The summed E-state index contributed by atoms with van der Waals surface area (Å²) in [6.07, 6.45) is 4.77. The van der Waals surface area contributed by atoms with Crippen molar-refractivity contribution < 1.29 is 9.53 Å². The van der Waals surface area contributed by atoms with Crippen LogP contribution in [0.15, 0.2) is 18.5 Å². The maximum Gasteiger partial charge on any atom is 0.310 e. The van der Waals surface area contributed by atoms with Crippen molar-refractivity contribution in [3.63, 3.8) is 0 Å². The zero-order chi connectivity index (χ0) is 11.1. The second-order valence-corrected chi connectivity index (χ2v) is 5.13. The Morgan fingerprint density at radius 2 is 2.27 bits per heavy atom. The van der Waals surface area contributed by atoms with Crippen LogP contribution in [0.2, 0.25) is 0 Å². The third-order valence-electron chi connectivity index (χ3n) is 2.55. The first-order valence-electron chi connectivity index (χ1n) is 5.33. The Balaban J connectivity index is 1.91. The molecule has 1 aliphatic carbocycles. The number of carbonyl (C=O) groups is 1. The van der Waals surface area contributed by atoms with Crippen LogP contribution >= 0.6 is 0 Å². The van der Waals surface area contributed by atoms with Gasteiger partial charge >= 0.3 is 5.97 Å². The minimum absolute atomic E-state index is 0.0614. The monoisotopic (exact) mass is 207 g/mol. The first-order chi connectivity index (χ1) is 6.97. The van der Waals surface area contributed by atoms with E-state index in [1.54, 1.807) is 0 Å². The Morgan fingerprint density at radius 1 is 1.53 bits per heavy atom. The quantitative estimate of drug-likeness (QED) is 0.757. The molecule has 0 aromatic carbocycles. The molecule has 1 aromatic rings. The molecule has 0 radical (unpaired) electrons. The van der Waals surface area contributed by atoms with Gasteiger partial charge in [0.05, 0.1) is 5.92 Å². The van der Waals surface area contributed by atoms with Crippen molar-refractivity contribution in [2.45, 2.75) is 38.7 Å². The fraction of sp³-hybridized carbons (Fsp3) is 0.583. The Kier molecular flexibility index (Phi) is 2.33. The topological polar surface area (TPSA) is 42.1 Å². The number of ether oxygens (including phenoxy) is 1. The largest absolute Gasteiger partial charge is 0.460 e. The van der Waals surface area contributed by atoms with Gasteiger partial charge in [0.1, 0.15) is 5.60 Å². The van der Waals surface area contributed by atoms with E-state index in [4.69, 9.17) is 4.74 Å². The number of esters is 1. The Labute approximate surface area is 89.8 Å². The highest BCUT2D eigenvalue weighted by atomic mass is 16.6. The summed E-state index contributed by atoms with van der Waals surface area (Å²) in [6, 6.07) is 2.02. The smallest absolute Gasteiger partial charge is 0.310 e. The van der Waals surface area contributed by atoms with Crippen molar-refractivity contribution in [3.8, 4) is 0 Å². The third-order valence-corrected chi connectivity index (χ3v) is 2.55. The van der Waals surface area contributed by atoms with E-state index in [-0.39, 0.29) is 17.5 Å². The van der Waals surface area contributed by atoms with E-state index in [9.17, 15) is 4.79 Å². The molecular weight excluding hydrogens is 190 g/mol. The molecule has 0 spiro atoms. The molecule has 1 N–H and O–H groups in total. The number of hydrogen-bond donors (Lipinski definition) is 1. The summed E-state index contributed by atoms with van der Waals surface area (Å²) < 4.78 is 5.34. The van der Waals surface area contributed by atoms with Crippen LogP contribution in [-0.2, 0) is 9.53 Å². The highest BCUT2D eigenvalue weighted by Crippen LogP contribution is 2.48. The van der Waals surface area contributed by atoms with Gasteiger partial charge in [0, 0.05) is 12.4 Å². The van der Waals surface area contributed by atoms with Gasteiger partial charge in [-0.15, -0.1) is 0 Å². The number of nitrogens with one attached hydrogen (secondary N) is 1. The number of hydrogen-bond acceptors (Lipinski definition) is 2. The Bertz CT molecular complexity index is 348. The first kappa shape index (κ1) is 10.3. The number of aromatic amines is 1. The van der Waals surface area contributed by atoms with Crippen LogP contribution in [0.25, 0.3) is 0 Å². The summed E-state index contributed by atoms with van der Waals surface area (Å²) in [5.41, 5.74) is 0.841. The molecule has 82 valence electrons. The van der Waals surface area contributed by atoms with Crippen molar-refractivity contribution in [1.29, 1.82) is 0 Å². The van der Waals surface area contributed by atoms with E-state index in [0.717, 1.165) is 6.42 Å². The van der Waals surface area contributed by atoms with Crippen LogP contribution in [0.3, 0.4) is 0 Å². The van der Waals surface area contributed by atoms with Gasteiger partial charge in [-0.2, -0.15) is 0 Å².